The highest BCUT2D eigenvalue weighted by Crippen LogP contribution is 2.24. The van der Waals surface area contributed by atoms with Crippen LogP contribution in [0.3, 0.4) is 0 Å². The Kier molecular flexibility index (Phi) is 4.94. The molecule has 0 saturated carbocycles. The molecular formula is C22H17FN2OS. The molecule has 1 heterocycles. The van der Waals surface area contributed by atoms with E-state index in [9.17, 15) is 9.18 Å². The first-order chi connectivity index (χ1) is 13.2. The molecule has 0 fully saturated rings. The molecule has 3 aromatic carbocycles. The van der Waals surface area contributed by atoms with Crippen molar-refractivity contribution in [2.24, 2.45) is 0 Å². The molecule has 0 bridgehead atoms. The number of fused-ring (bicyclic) bond motifs is 1. The van der Waals surface area contributed by atoms with Crippen LogP contribution in [0.15, 0.2) is 72.1 Å². The molecular weight excluding hydrogens is 359 g/mol. The monoisotopic (exact) mass is 376 g/mol. The fraction of sp³-hybridized carbons (Fsp3) is 0.0909. The van der Waals surface area contributed by atoms with Crippen LogP contribution in [0.1, 0.15) is 16.1 Å². The lowest BCUT2D eigenvalue weighted by molar-refractivity contribution is 0.0954. The van der Waals surface area contributed by atoms with E-state index in [1.54, 1.807) is 6.07 Å². The van der Waals surface area contributed by atoms with Crippen molar-refractivity contribution in [3.05, 3.63) is 89.2 Å². The first-order valence-electron chi connectivity index (χ1n) is 8.66. The number of halogens is 1. The van der Waals surface area contributed by atoms with Crippen molar-refractivity contribution in [2.45, 2.75) is 6.42 Å². The standard InChI is InChI=1S/C22H17FN2OS/c23-19-7-3-6-18(13-19)22-25-20(14-27-22)10-11-24-21(26)17-9-8-15-4-1-2-5-16(15)12-17/h1-9,12-14H,10-11H2,(H,24,26). The SMILES string of the molecule is O=C(NCCc1csc(-c2cccc(F)c2)n1)c1ccc2ccccc2c1. The lowest BCUT2D eigenvalue weighted by Gasteiger charge is -2.05. The number of carbonyl (C=O) groups excluding carboxylic acids is 1. The van der Waals surface area contributed by atoms with Crippen LogP contribution in [-0.2, 0) is 6.42 Å². The molecule has 0 aliphatic rings. The fourth-order valence-electron chi connectivity index (χ4n) is 2.91. The number of thiazole rings is 1. The van der Waals surface area contributed by atoms with E-state index in [0.29, 0.717) is 18.5 Å². The number of amides is 1. The van der Waals surface area contributed by atoms with Gasteiger partial charge in [0, 0.05) is 29.5 Å². The quantitative estimate of drug-likeness (QED) is 0.528. The summed E-state index contributed by atoms with van der Waals surface area (Å²) in [6, 6.07) is 20.1. The van der Waals surface area contributed by atoms with Crippen molar-refractivity contribution >= 4 is 28.0 Å². The summed E-state index contributed by atoms with van der Waals surface area (Å²) in [5.41, 5.74) is 2.30. The second-order valence-electron chi connectivity index (χ2n) is 6.22. The highest BCUT2D eigenvalue weighted by molar-refractivity contribution is 7.13. The zero-order valence-corrected chi connectivity index (χ0v) is 15.3. The van der Waals surface area contributed by atoms with Crippen LogP contribution in [0.25, 0.3) is 21.3 Å². The van der Waals surface area contributed by atoms with Gasteiger partial charge in [0.05, 0.1) is 5.69 Å². The first-order valence-corrected chi connectivity index (χ1v) is 9.54. The second-order valence-corrected chi connectivity index (χ2v) is 7.08. The number of hydrogen-bond donors (Lipinski definition) is 1. The second kappa shape index (κ2) is 7.68. The maximum absolute atomic E-state index is 13.3. The van der Waals surface area contributed by atoms with E-state index in [4.69, 9.17) is 0 Å². The Balaban J connectivity index is 1.37. The topological polar surface area (TPSA) is 42.0 Å². The van der Waals surface area contributed by atoms with Crippen LogP contribution in [0, 0.1) is 5.82 Å². The molecule has 0 atom stereocenters. The number of hydrogen-bond acceptors (Lipinski definition) is 3. The molecule has 0 saturated heterocycles. The largest absolute Gasteiger partial charge is 0.352 e. The third-order valence-electron chi connectivity index (χ3n) is 4.30. The van der Waals surface area contributed by atoms with Gasteiger partial charge in [-0.3, -0.25) is 4.79 Å². The summed E-state index contributed by atoms with van der Waals surface area (Å²) in [6.45, 7) is 0.498. The summed E-state index contributed by atoms with van der Waals surface area (Å²) >= 11 is 1.48. The first kappa shape index (κ1) is 17.4. The molecule has 0 aliphatic carbocycles. The molecule has 27 heavy (non-hydrogen) atoms. The van der Waals surface area contributed by atoms with Crippen molar-refractivity contribution in [3.63, 3.8) is 0 Å². The normalized spacial score (nSPS) is 10.9. The fourth-order valence-corrected chi connectivity index (χ4v) is 3.76. The third kappa shape index (κ3) is 4.04. The van der Waals surface area contributed by atoms with E-state index < -0.39 is 0 Å². The van der Waals surface area contributed by atoms with E-state index in [-0.39, 0.29) is 11.7 Å². The third-order valence-corrected chi connectivity index (χ3v) is 5.24. The van der Waals surface area contributed by atoms with E-state index in [0.717, 1.165) is 27.0 Å². The minimum absolute atomic E-state index is 0.0960. The van der Waals surface area contributed by atoms with Gasteiger partial charge in [-0.05, 0) is 35.0 Å². The number of benzene rings is 3. The van der Waals surface area contributed by atoms with Gasteiger partial charge in [0.15, 0.2) is 0 Å². The molecule has 1 amide bonds. The molecule has 0 spiro atoms. The summed E-state index contributed by atoms with van der Waals surface area (Å²) < 4.78 is 13.3. The molecule has 4 rings (SSSR count). The molecule has 3 nitrogen and oxygen atoms in total. The average molecular weight is 376 g/mol. The summed E-state index contributed by atoms with van der Waals surface area (Å²) in [4.78, 5) is 16.9. The summed E-state index contributed by atoms with van der Waals surface area (Å²) in [6.07, 6.45) is 0.630. The molecule has 0 aliphatic heterocycles. The summed E-state index contributed by atoms with van der Waals surface area (Å²) in [7, 11) is 0. The van der Waals surface area contributed by atoms with Crippen molar-refractivity contribution in [3.8, 4) is 10.6 Å². The van der Waals surface area contributed by atoms with Gasteiger partial charge in [-0.1, -0.05) is 42.5 Å². The lowest BCUT2D eigenvalue weighted by atomic mass is 10.1. The summed E-state index contributed by atoms with van der Waals surface area (Å²) in [5.74, 6) is -0.367. The minimum atomic E-state index is -0.271. The molecule has 1 aromatic heterocycles. The molecule has 5 heteroatoms. The molecule has 134 valence electrons. The van der Waals surface area contributed by atoms with E-state index in [2.05, 4.69) is 10.3 Å². The zero-order chi connectivity index (χ0) is 18.6. The Morgan fingerprint density at radius 1 is 1.00 bits per heavy atom. The molecule has 1 N–H and O–H groups in total. The Morgan fingerprint density at radius 2 is 1.85 bits per heavy atom. The van der Waals surface area contributed by atoms with Crippen molar-refractivity contribution in [1.82, 2.24) is 10.3 Å². The minimum Gasteiger partial charge on any atom is -0.352 e. The van der Waals surface area contributed by atoms with Crippen LogP contribution < -0.4 is 5.32 Å². The van der Waals surface area contributed by atoms with Crippen molar-refractivity contribution in [1.29, 1.82) is 0 Å². The number of nitrogens with zero attached hydrogens (tertiary/aromatic N) is 1. The van der Waals surface area contributed by atoms with Crippen LogP contribution >= 0.6 is 11.3 Å². The van der Waals surface area contributed by atoms with Gasteiger partial charge in [-0.15, -0.1) is 11.3 Å². The van der Waals surface area contributed by atoms with Gasteiger partial charge in [0.2, 0.25) is 0 Å². The predicted octanol–water partition coefficient (Wildman–Crippen LogP) is 5.07. The van der Waals surface area contributed by atoms with Crippen LogP contribution in [0.5, 0.6) is 0 Å². The number of rotatable bonds is 5. The Bertz CT molecular complexity index is 1110. The maximum atomic E-state index is 13.3. The van der Waals surface area contributed by atoms with Gasteiger partial charge in [0.1, 0.15) is 10.8 Å². The number of carbonyl (C=O) groups is 1. The van der Waals surface area contributed by atoms with Crippen LogP contribution in [0.4, 0.5) is 4.39 Å². The van der Waals surface area contributed by atoms with Crippen LogP contribution in [-0.4, -0.2) is 17.4 Å². The summed E-state index contributed by atoms with van der Waals surface area (Å²) in [5, 5.41) is 7.82. The average Bonchev–Trinajstić information content (AvgIpc) is 3.16. The highest BCUT2D eigenvalue weighted by Gasteiger charge is 2.08. The molecule has 4 aromatic rings. The van der Waals surface area contributed by atoms with Gasteiger partial charge in [-0.25, -0.2) is 9.37 Å². The van der Waals surface area contributed by atoms with Crippen molar-refractivity contribution in [2.75, 3.05) is 6.54 Å². The van der Waals surface area contributed by atoms with Gasteiger partial charge >= 0.3 is 0 Å². The van der Waals surface area contributed by atoms with E-state index >= 15 is 0 Å². The van der Waals surface area contributed by atoms with Crippen LogP contribution in [0.2, 0.25) is 0 Å². The van der Waals surface area contributed by atoms with E-state index in [1.807, 2.05) is 53.9 Å². The highest BCUT2D eigenvalue weighted by atomic mass is 32.1. The lowest BCUT2D eigenvalue weighted by Crippen LogP contribution is -2.25. The number of nitrogens with one attached hydrogen (secondary N) is 1. The smallest absolute Gasteiger partial charge is 0.251 e. The Hall–Kier alpha value is -3.05. The predicted molar refractivity (Wildman–Crippen MR) is 107 cm³/mol. The van der Waals surface area contributed by atoms with Gasteiger partial charge in [-0.2, -0.15) is 0 Å². The van der Waals surface area contributed by atoms with Gasteiger partial charge < -0.3 is 5.32 Å². The molecule has 0 radical (unpaired) electrons. The molecule has 0 unspecified atom stereocenters. The number of aromatic nitrogens is 1. The van der Waals surface area contributed by atoms with Gasteiger partial charge in [0.25, 0.3) is 5.91 Å². The maximum Gasteiger partial charge on any atom is 0.251 e. The van der Waals surface area contributed by atoms with Crippen molar-refractivity contribution < 1.29 is 9.18 Å². The Morgan fingerprint density at radius 3 is 2.70 bits per heavy atom. The zero-order valence-electron chi connectivity index (χ0n) is 14.5. The Labute approximate surface area is 160 Å². The van der Waals surface area contributed by atoms with E-state index in [1.165, 1.54) is 23.5 Å².